The van der Waals surface area contributed by atoms with Gasteiger partial charge in [-0.25, -0.2) is 0 Å². The molecule has 0 spiro atoms. The number of hydrogen-bond donors (Lipinski definition) is 2. The lowest BCUT2D eigenvalue weighted by atomic mass is 9.94. The van der Waals surface area contributed by atoms with Crippen LogP contribution in [0, 0.1) is 5.92 Å². The van der Waals surface area contributed by atoms with Crippen LogP contribution in [0.3, 0.4) is 0 Å². The monoisotopic (exact) mass is 200 g/mol. The number of nitrogens with two attached hydrogens (primary N) is 1. The van der Waals surface area contributed by atoms with Gasteiger partial charge in [0.1, 0.15) is 0 Å². The van der Waals surface area contributed by atoms with E-state index in [-0.39, 0.29) is 18.1 Å². The van der Waals surface area contributed by atoms with Crippen LogP contribution in [0.1, 0.15) is 26.7 Å². The molecular formula is C10H20N2O2. The van der Waals surface area contributed by atoms with Crippen LogP contribution in [0.4, 0.5) is 0 Å². The zero-order chi connectivity index (χ0) is 10.7. The van der Waals surface area contributed by atoms with Crippen molar-refractivity contribution in [2.45, 2.75) is 38.8 Å². The maximum absolute atomic E-state index is 11.1. The van der Waals surface area contributed by atoms with E-state index in [4.69, 9.17) is 5.73 Å². The van der Waals surface area contributed by atoms with Crippen molar-refractivity contribution in [1.29, 1.82) is 0 Å². The molecule has 0 aromatic rings. The van der Waals surface area contributed by atoms with E-state index in [1.165, 1.54) is 0 Å². The van der Waals surface area contributed by atoms with Gasteiger partial charge in [-0.15, -0.1) is 0 Å². The summed E-state index contributed by atoms with van der Waals surface area (Å²) in [6, 6.07) is -0.211. The van der Waals surface area contributed by atoms with Crippen LogP contribution in [0.25, 0.3) is 0 Å². The fraction of sp³-hybridized carbons (Fsp3) is 0.900. The van der Waals surface area contributed by atoms with Gasteiger partial charge in [-0.05, 0) is 25.3 Å². The van der Waals surface area contributed by atoms with Gasteiger partial charge in [0.2, 0.25) is 5.91 Å². The van der Waals surface area contributed by atoms with Gasteiger partial charge < -0.3 is 10.8 Å². The zero-order valence-electron chi connectivity index (χ0n) is 8.94. The number of β-amino-alcohol motifs (C(OH)–C–C–N with tert-alkyl or cyclic N) is 1. The van der Waals surface area contributed by atoms with Crippen molar-refractivity contribution in [3.63, 3.8) is 0 Å². The van der Waals surface area contributed by atoms with Crippen LogP contribution in [-0.2, 0) is 4.79 Å². The summed E-state index contributed by atoms with van der Waals surface area (Å²) in [5.74, 6) is 0.0471. The van der Waals surface area contributed by atoms with Crippen LogP contribution in [0.2, 0.25) is 0 Å². The minimum Gasteiger partial charge on any atom is -0.392 e. The normalized spacial score (nSPS) is 31.4. The van der Waals surface area contributed by atoms with E-state index < -0.39 is 0 Å². The highest BCUT2D eigenvalue weighted by Crippen LogP contribution is 2.19. The first-order valence-electron chi connectivity index (χ1n) is 5.27. The molecule has 82 valence electrons. The van der Waals surface area contributed by atoms with Crippen molar-refractivity contribution in [2.24, 2.45) is 11.7 Å². The molecule has 1 saturated heterocycles. The quantitative estimate of drug-likeness (QED) is 0.671. The lowest BCUT2D eigenvalue weighted by Crippen LogP contribution is -2.52. The number of amides is 1. The Labute approximate surface area is 85.1 Å². The Balaban J connectivity index is 2.56. The van der Waals surface area contributed by atoms with E-state index in [9.17, 15) is 9.90 Å². The Bertz CT molecular complexity index is 208. The summed E-state index contributed by atoms with van der Waals surface area (Å²) in [6.45, 7) is 5.41. The number of primary amides is 1. The number of carbonyl (C=O) groups excluding carboxylic acids is 1. The number of carbonyl (C=O) groups is 1. The lowest BCUT2D eigenvalue weighted by Gasteiger charge is -2.37. The van der Waals surface area contributed by atoms with Crippen molar-refractivity contribution < 1.29 is 9.90 Å². The van der Waals surface area contributed by atoms with Gasteiger partial charge in [0, 0.05) is 6.54 Å². The number of likely N-dealkylation sites (tertiary alicyclic amines) is 1. The smallest absolute Gasteiger partial charge is 0.234 e. The number of hydrogen-bond acceptors (Lipinski definition) is 3. The summed E-state index contributed by atoms with van der Waals surface area (Å²) >= 11 is 0. The maximum Gasteiger partial charge on any atom is 0.234 e. The second-order valence-electron chi connectivity index (χ2n) is 4.15. The SMILES string of the molecule is CCC(C(N)=O)N1CCC(C)C(O)C1. The average Bonchev–Trinajstić information content (AvgIpc) is 2.11. The molecule has 0 aromatic heterocycles. The molecule has 0 radical (unpaired) electrons. The Morgan fingerprint density at radius 3 is 2.79 bits per heavy atom. The topological polar surface area (TPSA) is 66.6 Å². The Morgan fingerprint density at radius 1 is 1.71 bits per heavy atom. The van der Waals surface area contributed by atoms with Crippen molar-refractivity contribution in [1.82, 2.24) is 4.90 Å². The van der Waals surface area contributed by atoms with Gasteiger partial charge in [-0.1, -0.05) is 13.8 Å². The summed E-state index contributed by atoms with van der Waals surface area (Å²) in [5, 5.41) is 9.68. The van der Waals surface area contributed by atoms with E-state index in [1.54, 1.807) is 0 Å². The first-order chi connectivity index (χ1) is 6.56. The minimum atomic E-state index is -0.322. The van der Waals surface area contributed by atoms with E-state index in [0.717, 1.165) is 19.4 Å². The lowest BCUT2D eigenvalue weighted by molar-refractivity contribution is -0.125. The molecule has 0 bridgehead atoms. The van der Waals surface area contributed by atoms with E-state index in [1.807, 2.05) is 18.7 Å². The molecule has 1 heterocycles. The fourth-order valence-electron chi connectivity index (χ4n) is 2.00. The van der Waals surface area contributed by atoms with Gasteiger partial charge in [-0.2, -0.15) is 0 Å². The highest BCUT2D eigenvalue weighted by molar-refractivity contribution is 5.79. The third-order valence-corrected chi connectivity index (χ3v) is 3.11. The zero-order valence-corrected chi connectivity index (χ0v) is 8.94. The third kappa shape index (κ3) is 2.45. The third-order valence-electron chi connectivity index (χ3n) is 3.11. The van der Waals surface area contributed by atoms with Crippen LogP contribution in [0.5, 0.6) is 0 Å². The van der Waals surface area contributed by atoms with Crippen LogP contribution in [-0.4, -0.2) is 41.1 Å². The van der Waals surface area contributed by atoms with Crippen LogP contribution in [0.15, 0.2) is 0 Å². The van der Waals surface area contributed by atoms with Gasteiger partial charge in [-0.3, -0.25) is 9.69 Å². The molecule has 1 aliphatic heterocycles. The first-order valence-corrected chi connectivity index (χ1v) is 5.27. The predicted octanol–water partition coefficient (Wildman–Crippen LogP) is -0.0470. The van der Waals surface area contributed by atoms with E-state index in [0.29, 0.717) is 12.5 Å². The summed E-state index contributed by atoms with van der Waals surface area (Å²) in [7, 11) is 0. The second kappa shape index (κ2) is 4.75. The number of nitrogens with zero attached hydrogens (tertiary/aromatic N) is 1. The van der Waals surface area contributed by atoms with Gasteiger partial charge in [0.05, 0.1) is 12.1 Å². The summed E-state index contributed by atoms with van der Waals surface area (Å²) in [6.07, 6.45) is 1.33. The van der Waals surface area contributed by atoms with E-state index in [2.05, 4.69) is 0 Å². The van der Waals surface area contributed by atoms with Gasteiger partial charge >= 0.3 is 0 Å². The number of piperidine rings is 1. The number of aliphatic hydroxyl groups is 1. The summed E-state index contributed by atoms with van der Waals surface area (Å²) < 4.78 is 0. The molecule has 3 unspecified atom stereocenters. The maximum atomic E-state index is 11.1. The molecule has 1 aliphatic rings. The Kier molecular flexibility index (Phi) is 3.89. The van der Waals surface area contributed by atoms with E-state index >= 15 is 0 Å². The Morgan fingerprint density at radius 2 is 2.36 bits per heavy atom. The molecule has 4 heteroatoms. The molecule has 0 saturated carbocycles. The molecule has 0 aromatic carbocycles. The first kappa shape index (κ1) is 11.5. The molecule has 14 heavy (non-hydrogen) atoms. The van der Waals surface area contributed by atoms with Gasteiger partial charge in [0.15, 0.2) is 0 Å². The molecule has 1 fully saturated rings. The molecule has 1 amide bonds. The average molecular weight is 200 g/mol. The van der Waals surface area contributed by atoms with Crippen molar-refractivity contribution in [3.05, 3.63) is 0 Å². The summed E-state index contributed by atoms with van der Waals surface area (Å²) in [5.41, 5.74) is 5.30. The van der Waals surface area contributed by atoms with Crippen LogP contribution < -0.4 is 5.73 Å². The summed E-state index contributed by atoms with van der Waals surface area (Å²) in [4.78, 5) is 13.1. The second-order valence-corrected chi connectivity index (χ2v) is 4.15. The molecule has 4 nitrogen and oxygen atoms in total. The van der Waals surface area contributed by atoms with Crippen molar-refractivity contribution in [3.8, 4) is 0 Å². The highest BCUT2D eigenvalue weighted by Gasteiger charge is 2.30. The minimum absolute atomic E-state index is 0.211. The number of aliphatic hydroxyl groups excluding tert-OH is 1. The van der Waals surface area contributed by atoms with Crippen LogP contribution >= 0.6 is 0 Å². The number of rotatable bonds is 3. The predicted molar refractivity (Wildman–Crippen MR) is 54.6 cm³/mol. The van der Waals surface area contributed by atoms with Crippen molar-refractivity contribution in [2.75, 3.05) is 13.1 Å². The largest absolute Gasteiger partial charge is 0.392 e. The Hall–Kier alpha value is -0.610. The molecule has 3 atom stereocenters. The highest BCUT2D eigenvalue weighted by atomic mass is 16.3. The van der Waals surface area contributed by atoms with Crippen molar-refractivity contribution >= 4 is 5.91 Å². The van der Waals surface area contributed by atoms with Gasteiger partial charge in [0.25, 0.3) is 0 Å². The molecular weight excluding hydrogens is 180 g/mol. The molecule has 1 rings (SSSR count). The molecule has 0 aliphatic carbocycles. The fourth-order valence-corrected chi connectivity index (χ4v) is 2.00. The molecule has 3 N–H and O–H groups in total. The standard InChI is InChI=1S/C10H20N2O2/c1-3-8(10(11)14)12-5-4-7(2)9(13)6-12/h7-9,13H,3-6H2,1-2H3,(H2,11,14).